The molecule has 0 saturated carbocycles. The Morgan fingerprint density at radius 2 is 0.560 bits per heavy atom. The highest BCUT2D eigenvalue weighted by atomic mass is 16.2. The summed E-state index contributed by atoms with van der Waals surface area (Å²) in [6, 6.07) is 6.06. The summed E-state index contributed by atoms with van der Waals surface area (Å²) in [5.74, 6) is -1.32. The maximum absolute atomic E-state index is 12.4. The number of benzene rings is 1. The van der Waals surface area contributed by atoms with Gasteiger partial charge in [0.05, 0.1) is 0 Å². The monoisotopic (exact) mass is 699 g/mol. The van der Waals surface area contributed by atoms with Gasteiger partial charge < -0.3 is 0 Å². The number of hydrogen-bond acceptors (Lipinski definition) is 4. The van der Waals surface area contributed by atoms with Crippen molar-refractivity contribution in [2.75, 3.05) is 0 Å². The maximum Gasteiger partial charge on any atom is 0.269 e. The predicted molar refractivity (Wildman–Crippen MR) is 208 cm³/mol. The van der Waals surface area contributed by atoms with Gasteiger partial charge in [-0.2, -0.15) is 0 Å². The second-order valence-electron chi connectivity index (χ2n) is 14.3. The Morgan fingerprint density at radius 1 is 0.340 bits per heavy atom. The lowest BCUT2D eigenvalue weighted by molar-refractivity contribution is -0.122. The lowest BCUT2D eigenvalue weighted by Crippen LogP contribution is -2.42. The van der Waals surface area contributed by atoms with Crippen LogP contribution in [0.1, 0.15) is 227 Å². The molecule has 0 radical (unpaired) electrons. The molecule has 0 atom stereocenters. The minimum absolute atomic E-state index is 0.210. The molecule has 8 heteroatoms. The highest BCUT2D eigenvalue weighted by Crippen LogP contribution is 2.15. The fourth-order valence-electron chi connectivity index (χ4n) is 6.26. The molecule has 1 aromatic carbocycles. The molecule has 8 nitrogen and oxygen atoms in total. The van der Waals surface area contributed by atoms with E-state index in [4.69, 9.17) is 0 Å². The number of rotatable bonds is 32. The van der Waals surface area contributed by atoms with Crippen molar-refractivity contribution >= 4 is 23.6 Å². The predicted octanol–water partition coefficient (Wildman–Crippen LogP) is 11.0. The number of amides is 4. The molecule has 4 N–H and O–H groups in total. The van der Waals surface area contributed by atoms with Crippen molar-refractivity contribution in [1.82, 2.24) is 21.7 Å². The molecule has 0 aliphatic heterocycles. The lowest BCUT2D eigenvalue weighted by atomic mass is 10.0. The first-order valence-corrected chi connectivity index (χ1v) is 20.8. The third-order valence-corrected chi connectivity index (χ3v) is 9.55. The van der Waals surface area contributed by atoms with E-state index in [1.807, 2.05) is 0 Å². The van der Waals surface area contributed by atoms with Crippen molar-refractivity contribution in [3.8, 4) is 0 Å². The van der Waals surface area contributed by atoms with Gasteiger partial charge in [0.2, 0.25) is 11.8 Å². The van der Waals surface area contributed by atoms with Gasteiger partial charge in [-0.05, 0) is 37.1 Å². The van der Waals surface area contributed by atoms with Crippen molar-refractivity contribution in [1.29, 1.82) is 0 Å². The summed E-state index contributed by atoms with van der Waals surface area (Å²) >= 11 is 0. The summed E-state index contributed by atoms with van der Waals surface area (Å²) in [6.45, 7) is 4.52. The van der Waals surface area contributed by atoms with Crippen LogP contribution in [0.3, 0.4) is 0 Å². The van der Waals surface area contributed by atoms with Crippen LogP contribution in [0.2, 0.25) is 0 Å². The standard InChI is InChI=1S/C42H74N4O4/c1-3-5-7-9-11-13-15-17-19-21-23-25-27-29-31-39(47)43-45-41(49)37-33-35-38(36-34-37)42(50)46-44-40(48)32-30-28-26-24-22-20-18-16-14-12-10-8-6-4-2/h33-36H,3-32H2,1-2H3,(H,43,47)(H,44,48)(H,45,49)(H,46,50). The molecule has 0 aliphatic carbocycles. The van der Waals surface area contributed by atoms with Gasteiger partial charge in [0.15, 0.2) is 0 Å². The van der Waals surface area contributed by atoms with Crippen molar-refractivity contribution in [2.45, 2.75) is 206 Å². The second kappa shape index (κ2) is 33.3. The molecular weight excluding hydrogens is 624 g/mol. The van der Waals surface area contributed by atoms with Gasteiger partial charge in [-0.15, -0.1) is 0 Å². The Kier molecular flexibility index (Phi) is 30.0. The first-order chi connectivity index (χ1) is 24.5. The summed E-state index contributed by atoms with van der Waals surface area (Å²) in [5, 5.41) is 0. The average molecular weight is 699 g/mol. The van der Waals surface area contributed by atoms with Gasteiger partial charge in [0.1, 0.15) is 0 Å². The van der Waals surface area contributed by atoms with Crippen LogP contribution in [0.5, 0.6) is 0 Å². The number of carbonyl (C=O) groups is 4. The van der Waals surface area contributed by atoms with Gasteiger partial charge in [-0.3, -0.25) is 40.9 Å². The van der Waals surface area contributed by atoms with E-state index in [1.165, 1.54) is 166 Å². The molecule has 1 aromatic rings. The fraction of sp³-hybridized carbons (Fsp3) is 0.762. The van der Waals surface area contributed by atoms with Crippen molar-refractivity contribution in [3.05, 3.63) is 35.4 Å². The van der Waals surface area contributed by atoms with Crippen LogP contribution < -0.4 is 21.7 Å². The molecule has 0 unspecified atom stereocenters. The number of hydrogen-bond donors (Lipinski definition) is 4. The Bertz CT molecular complexity index is 919. The zero-order valence-electron chi connectivity index (χ0n) is 32.2. The normalized spacial score (nSPS) is 10.9. The lowest BCUT2D eigenvalue weighted by Gasteiger charge is -2.09. The molecule has 0 heterocycles. The Labute approximate surface area is 305 Å². The topological polar surface area (TPSA) is 116 Å². The van der Waals surface area contributed by atoms with E-state index in [9.17, 15) is 19.2 Å². The molecule has 1 rings (SSSR count). The minimum Gasteiger partial charge on any atom is -0.273 e. The number of nitrogens with one attached hydrogen (secondary N) is 4. The zero-order chi connectivity index (χ0) is 36.3. The minimum atomic E-state index is -0.451. The van der Waals surface area contributed by atoms with Crippen LogP contribution in [0.25, 0.3) is 0 Å². The van der Waals surface area contributed by atoms with Crippen LogP contribution in [0.4, 0.5) is 0 Å². The van der Waals surface area contributed by atoms with Crippen LogP contribution in [0, 0.1) is 0 Å². The van der Waals surface area contributed by atoms with Gasteiger partial charge in [0, 0.05) is 24.0 Å². The van der Waals surface area contributed by atoms with Gasteiger partial charge in [-0.1, -0.05) is 181 Å². The molecule has 50 heavy (non-hydrogen) atoms. The van der Waals surface area contributed by atoms with Crippen LogP contribution in [-0.4, -0.2) is 23.6 Å². The van der Waals surface area contributed by atoms with E-state index < -0.39 is 11.8 Å². The summed E-state index contributed by atoms with van der Waals surface area (Å²) < 4.78 is 0. The van der Waals surface area contributed by atoms with Crippen LogP contribution in [0.15, 0.2) is 24.3 Å². The van der Waals surface area contributed by atoms with Gasteiger partial charge >= 0.3 is 0 Å². The molecule has 0 aromatic heterocycles. The zero-order valence-corrected chi connectivity index (χ0v) is 32.2. The SMILES string of the molecule is CCCCCCCCCCCCCCCCC(=O)NNC(=O)c1ccc(C(=O)NNC(=O)CCCCCCCCCCCCCCCC)cc1. The van der Waals surface area contributed by atoms with E-state index in [0.29, 0.717) is 24.0 Å². The summed E-state index contributed by atoms with van der Waals surface area (Å²) in [4.78, 5) is 49.2. The number of carbonyl (C=O) groups excluding carboxylic acids is 4. The third-order valence-electron chi connectivity index (χ3n) is 9.55. The third kappa shape index (κ3) is 26.9. The molecule has 0 aliphatic rings. The molecule has 0 saturated heterocycles. The summed E-state index contributed by atoms with van der Waals surface area (Å²) in [5.41, 5.74) is 10.5. The highest BCUT2D eigenvalue weighted by Gasteiger charge is 2.11. The van der Waals surface area contributed by atoms with Gasteiger partial charge in [0.25, 0.3) is 11.8 Å². The Balaban J connectivity index is 2.02. The average Bonchev–Trinajstić information content (AvgIpc) is 3.13. The Morgan fingerprint density at radius 3 is 0.800 bits per heavy atom. The van der Waals surface area contributed by atoms with E-state index in [0.717, 1.165) is 38.5 Å². The van der Waals surface area contributed by atoms with E-state index in [-0.39, 0.29) is 11.8 Å². The second-order valence-corrected chi connectivity index (χ2v) is 14.3. The summed E-state index contributed by atoms with van der Waals surface area (Å²) in [6.07, 6.45) is 36.1. The van der Waals surface area contributed by atoms with Crippen LogP contribution in [-0.2, 0) is 9.59 Å². The van der Waals surface area contributed by atoms with Gasteiger partial charge in [-0.25, -0.2) is 0 Å². The van der Waals surface area contributed by atoms with Crippen molar-refractivity contribution < 1.29 is 19.2 Å². The molecular formula is C42H74N4O4. The molecule has 286 valence electrons. The van der Waals surface area contributed by atoms with E-state index >= 15 is 0 Å². The largest absolute Gasteiger partial charge is 0.273 e. The first-order valence-electron chi connectivity index (χ1n) is 20.8. The van der Waals surface area contributed by atoms with Crippen molar-refractivity contribution in [2.24, 2.45) is 0 Å². The molecule has 0 fully saturated rings. The molecule has 0 bridgehead atoms. The maximum atomic E-state index is 12.4. The smallest absolute Gasteiger partial charge is 0.269 e. The first kappa shape index (κ1) is 45.1. The van der Waals surface area contributed by atoms with E-state index in [2.05, 4.69) is 35.6 Å². The van der Waals surface area contributed by atoms with E-state index in [1.54, 1.807) is 0 Å². The number of unbranched alkanes of at least 4 members (excludes halogenated alkanes) is 26. The molecule has 4 amide bonds. The number of hydrazine groups is 2. The van der Waals surface area contributed by atoms with Crippen LogP contribution >= 0.6 is 0 Å². The Hall–Kier alpha value is -2.90. The summed E-state index contributed by atoms with van der Waals surface area (Å²) in [7, 11) is 0. The van der Waals surface area contributed by atoms with Crippen molar-refractivity contribution in [3.63, 3.8) is 0 Å². The highest BCUT2D eigenvalue weighted by molar-refractivity contribution is 5.98. The fourth-order valence-corrected chi connectivity index (χ4v) is 6.26. The molecule has 0 spiro atoms. The quantitative estimate of drug-likeness (QED) is 0.0442.